The first kappa shape index (κ1) is 21.4. The van der Waals surface area contributed by atoms with Crippen molar-refractivity contribution in [3.63, 3.8) is 0 Å². The van der Waals surface area contributed by atoms with Crippen LogP contribution in [0.4, 0.5) is 22.7 Å². The minimum Gasteiger partial charge on any atom is -0.489 e. The van der Waals surface area contributed by atoms with Gasteiger partial charge >= 0.3 is 5.97 Å². The lowest BCUT2D eigenvalue weighted by Crippen LogP contribution is -2.32. The number of carbonyl (C=O) groups excluding carboxylic acids is 2. The van der Waals surface area contributed by atoms with E-state index in [1.807, 2.05) is 0 Å². The van der Waals surface area contributed by atoms with Crippen LogP contribution in [0.1, 0.15) is 33.6 Å². The molecule has 0 aromatic heterocycles. The molecule has 0 bridgehead atoms. The Morgan fingerprint density at radius 2 is 1.56 bits per heavy atom. The van der Waals surface area contributed by atoms with Crippen molar-refractivity contribution in [2.45, 2.75) is 24.9 Å². The highest BCUT2D eigenvalue weighted by Gasteiger charge is 2.23. The molecule has 0 saturated carbocycles. The molecule has 6 N–H and O–H groups in total. The number of esters is 1. The number of hydrogen-bond acceptors (Lipinski definition) is 9. The van der Waals surface area contributed by atoms with Crippen LogP contribution in [0.3, 0.4) is 0 Å². The lowest BCUT2D eigenvalue weighted by molar-refractivity contribution is 0.0600. The lowest BCUT2D eigenvalue weighted by Gasteiger charge is -2.29. The Bertz CT molecular complexity index is 1070. The van der Waals surface area contributed by atoms with E-state index in [1.165, 1.54) is 7.11 Å². The predicted molar refractivity (Wildman–Crippen MR) is 123 cm³/mol. The summed E-state index contributed by atoms with van der Waals surface area (Å²) in [5.41, 5.74) is 15.3. The number of aldehydes is 1. The van der Waals surface area contributed by atoms with Crippen molar-refractivity contribution in [1.29, 1.82) is 0 Å². The van der Waals surface area contributed by atoms with E-state index < -0.39 is 5.97 Å². The second-order valence-electron chi connectivity index (χ2n) is 7.78. The van der Waals surface area contributed by atoms with E-state index in [-0.39, 0.29) is 12.1 Å². The summed E-state index contributed by atoms with van der Waals surface area (Å²) in [4.78, 5) is 22.7. The molecular formula is C23H26N4O5. The van der Waals surface area contributed by atoms with Crippen LogP contribution in [0, 0.1) is 0 Å². The maximum Gasteiger partial charge on any atom is 0.338 e. The molecule has 32 heavy (non-hydrogen) atoms. The zero-order valence-corrected chi connectivity index (χ0v) is 17.7. The molecule has 2 aliphatic rings. The zero-order valence-electron chi connectivity index (χ0n) is 17.7. The number of carbonyl (C=O) groups is 2. The van der Waals surface area contributed by atoms with Gasteiger partial charge in [-0.05, 0) is 37.1 Å². The smallest absolute Gasteiger partial charge is 0.338 e. The van der Waals surface area contributed by atoms with Crippen molar-refractivity contribution in [3.8, 4) is 11.5 Å². The Kier molecular flexibility index (Phi) is 6.07. The van der Waals surface area contributed by atoms with Gasteiger partial charge in [0.1, 0.15) is 42.4 Å². The van der Waals surface area contributed by atoms with Gasteiger partial charge in [0.25, 0.3) is 0 Å². The molecule has 0 spiro atoms. The maximum absolute atomic E-state index is 11.7. The molecule has 0 amide bonds. The van der Waals surface area contributed by atoms with Crippen LogP contribution in [0.2, 0.25) is 0 Å². The highest BCUT2D eigenvalue weighted by Crippen LogP contribution is 2.37. The van der Waals surface area contributed by atoms with Crippen LogP contribution < -0.4 is 31.6 Å². The average Bonchev–Trinajstić information content (AvgIpc) is 2.81. The van der Waals surface area contributed by atoms with Crippen molar-refractivity contribution in [2.75, 3.05) is 42.4 Å². The highest BCUT2D eigenvalue weighted by atomic mass is 16.5. The fourth-order valence-electron chi connectivity index (χ4n) is 3.78. The van der Waals surface area contributed by atoms with Gasteiger partial charge in [-0.15, -0.1) is 0 Å². The summed E-state index contributed by atoms with van der Waals surface area (Å²) in [6.07, 6.45) is 6.42. The molecule has 168 valence electrons. The molecule has 0 saturated heterocycles. The fourth-order valence-corrected chi connectivity index (χ4v) is 3.78. The lowest BCUT2D eigenvalue weighted by atomic mass is 10.1. The Balaban J connectivity index is 1.31. The minimum absolute atomic E-state index is 0.0544. The Labute approximate surface area is 185 Å². The van der Waals surface area contributed by atoms with Crippen LogP contribution in [-0.2, 0) is 4.74 Å². The van der Waals surface area contributed by atoms with E-state index in [1.54, 1.807) is 24.3 Å². The van der Waals surface area contributed by atoms with Crippen molar-refractivity contribution in [3.05, 3.63) is 47.5 Å². The Morgan fingerprint density at radius 1 is 1.00 bits per heavy atom. The van der Waals surface area contributed by atoms with Gasteiger partial charge in [0.15, 0.2) is 0 Å². The van der Waals surface area contributed by atoms with Crippen molar-refractivity contribution in [2.24, 2.45) is 0 Å². The van der Waals surface area contributed by atoms with Gasteiger partial charge in [0, 0.05) is 5.56 Å². The molecule has 0 aliphatic carbocycles. The highest BCUT2D eigenvalue weighted by molar-refractivity contribution is 5.93. The van der Waals surface area contributed by atoms with Gasteiger partial charge in [-0.3, -0.25) is 4.79 Å². The fraction of sp³-hybridized carbons (Fsp3) is 0.304. The SMILES string of the molecule is COC(=O)c1cc(N)c2c(c1)OCC(C/C=C/CC1COc3cc(C=O)cc(N)c3N1)N2. The third-order valence-electron chi connectivity index (χ3n) is 5.43. The minimum atomic E-state index is -0.456. The first-order valence-electron chi connectivity index (χ1n) is 10.3. The Morgan fingerprint density at radius 3 is 2.12 bits per heavy atom. The van der Waals surface area contributed by atoms with Crippen LogP contribution in [0.15, 0.2) is 36.4 Å². The van der Waals surface area contributed by atoms with Gasteiger partial charge in [-0.2, -0.15) is 0 Å². The van der Waals surface area contributed by atoms with Gasteiger partial charge < -0.3 is 36.3 Å². The number of hydrogen-bond donors (Lipinski definition) is 4. The van der Waals surface area contributed by atoms with Gasteiger partial charge in [0.05, 0.1) is 36.1 Å². The molecule has 0 radical (unpaired) electrons. The van der Waals surface area contributed by atoms with Gasteiger partial charge in [-0.25, -0.2) is 4.79 Å². The summed E-state index contributed by atoms with van der Waals surface area (Å²) < 4.78 is 16.3. The number of nitrogens with two attached hydrogens (primary N) is 2. The Hall–Kier alpha value is -3.88. The maximum atomic E-state index is 11.7. The number of nitrogen functional groups attached to an aromatic ring is 2. The number of ether oxygens (including phenoxy) is 3. The summed E-state index contributed by atoms with van der Waals surface area (Å²) in [6.45, 7) is 0.936. The van der Waals surface area contributed by atoms with Gasteiger partial charge in [-0.1, -0.05) is 12.2 Å². The predicted octanol–water partition coefficient (Wildman–Crippen LogP) is 2.83. The largest absolute Gasteiger partial charge is 0.489 e. The molecule has 2 unspecified atom stereocenters. The third-order valence-corrected chi connectivity index (χ3v) is 5.43. The van der Waals surface area contributed by atoms with Crippen LogP contribution >= 0.6 is 0 Å². The summed E-state index contributed by atoms with van der Waals surface area (Å²) in [7, 11) is 1.33. The topological polar surface area (TPSA) is 138 Å². The molecule has 2 aromatic rings. The molecule has 4 rings (SSSR count). The van der Waals surface area contributed by atoms with Crippen molar-refractivity contribution < 1.29 is 23.8 Å². The first-order chi connectivity index (χ1) is 15.5. The van der Waals surface area contributed by atoms with E-state index >= 15 is 0 Å². The molecule has 2 aromatic carbocycles. The number of benzene rings is 2. The second kappa shape index (κ2) is 9.09. The third kappa shape index (κ3) is 4.41. The van der Waals surface area contributed by atoms with Crippen LogP contribution in [0.25, 0.3) is 0 Å². The molecule has 2 atom stereocenters. The van der Waals surface area contributed by atoms with E-state index in [2.05, 4.69) is 22.8 Å². The van der Waals surface area contributed by atoms with Gasteiger partial charge in [0.2, 0.25) is 0 Å². The summed E-state index contributed by atoms with van der Waals surface area (Å²) in [5.74, 6) is 0.688. The van der Waals surface area contributed by atoms with E-state index in [0.717, 1.165) is 24.8 Å². The number of anilines is 4. The summed E-state index contributed by atoms with van der Waals surface area (Å²) >= 11 is 0. The monoisotopic (exact) mass is 438 g/mol. The number of fused-ring (bicyclic) bond motifs is 2. The van der Waals surface area contributed by atoms with E-state index in [4.69, 9.17) is 25.7 Å². The molecular weight excluding hydrogens is 412 g/mol. The van der Waals surface area contributed by atoms with E-state index in [9.17, 15) is 9.59 Å². The molecule has 9 heteroatoms. The normalized spacial score (nSPS) is 18.9. The average molecular weight is 438 g/mol. The molecule has 2 aliphatic heterocycles. The summed E-state index contributed by atoms with van der Waals surface area (Å²) in [6, 6.07) is 6.66. The first-order valence-corrected chi connectivity index (χ1v) is 10.3. The molecule has 9 nitrogen and oxygen atoms in total. The molecule has 0 fully saturated rings. The molecule has 2 heterocycles. The van der Waals surface area contributed by atoms with Crippen molar-refractivity contribution >= 4 is 35.0 Å². The van der Waals surface area contributed by atoms with Crippen LogP contribution in [0.5, 0.6) is 11.5 Å². The summed E-state index contributed by atoms with van der Waals surface area (Å²) in [5, 5.41) is 6.76. The van der Waals surface area contributed by atoms with E-state index in [0.29, 0.717) is 52.9 Å². The standard InChI is InChI=1S/C23H26N4O5/c1-30-23(29)14-8-18(25)22-20(9-14)32-12-16(27-22)5-3-2-4-15-11-31-19-7-13(10-28)6-17(24)21(19)26-15/h2-3,6-10,15-16,26-27H,4-5,11-12,24-25H2,1H3/b3-2+. The number of nitrogens with one attached hydrogen (secondary N) is 2. The zero-order chi connectivity index (χ0) is 22.7. The quantitative estimate of drug-likeness (QED) is 0.232. The van der Waals surface area contributed by atoms with Crippen molar-refractivity contribution in [1.82, 2.24) is 0 Å². The number of rotatable bonds is 6. The second-order valence-corrected chi connectivity index (χ2v) is 7.78. The number of methoxy groups -OCH3 is 1. The van der Waals surface area contributed by atoms with Crippen LogP contribution in [-0.4, -0.2) is 44.7 Å².